The highest BCUT2D eigenvalue weighted by atomic mass is 32.2. The van der Waals surface area contributed by atoms with Crippen LogP contribution in [0, 0.1) is 6.92 Å². The van der Waals surface area contributed by atoms with Crippen LogP contribution in [-0.2, 0) is 6.54 Å². The van der Waals surface area contributed by atoms with Gasteiger partial charge >= 0.3 is 0 Å². The quantitative estimate of drug-likeness (QED) is 0.870. The predicted octanol–water partition coefficient (Wildman–Crippen LogP) is 2.77. The van der Waals surface area contributed by atoms with Crippen LogP contribution in [0.2, 0.25) is 0 Å². The molecule has 0 radical (unpaired) electrons. The summed E-state index contributed by atoms with van der Waals surface area (Å²) in [6.45, 7) is 6.56. The van der Waals surface area contributed by atoms with Gasteiger partial charge in [-0.3, -0.25) is 4.98 Å². The van der Waals surface area contributed by atoms with Crippen LogP contribution in [0.1, 0.15) is 30.9 Å². The summed E-state index contributed by atoms with van der Waals surface area (Å²) in [5.74, 6) is 1.32. The van der Waals surface area contributed by atoms with E-state index in [0.717, 1.165) is 13.1 Å². The van der Waals surface area contributed by atoms with Crippen molar-refractivity contribution in [3.63, 3.8) is 0 Å². The molecule has 2 heterocycles. The maximum absolute atomic E-state index is 4.17. The average Bonchev–Trinajstić information content (AvgIpc) is 2.68. The molecule has 2 nitrogen and oxygen atoms in total. The van der Waals surface area contributed by atoms with E-state index in [-0.39, 0.29) is 0 Å². The molecule has 88 valence electrons. The van der Waals surface area contributed by atoms with E-state index in [1.807, 2.05) is 12.4 Å². The molecule has 2 rings (SSSR count). The second kappa shape index (κ2) is 5.19. The third-order valence-electron chi connectivity index (χ3n) is 3.26. The molecule has 1 atom stereocenters. The summed E-state index contributed by atoms with van der Waals surface area (Å²) >= 11 is 2.11. The molecule has 0 aromatic carbocycles. The highest BCUT2D eigenvalue weighted by molar-refractivity contribution is 8.00. The number of pyridine rings is 1. The maximum Gasteiger partial charge on any atom is 0.0315 e. The summed E-state index contributed by atoms with van der Waals surface area (Å²) in [5, 5.41) is 3.56. The Morgan fingerprint density at radius 2 is 2.44 bits per heavy atom. The first-order valence-corrected chi connectivity index (χ1v) is 6.92. The molecule has 1 aliphatic rings. The fourth-order valence-electron chi connectivity index (χ4n) is 2.12. The van der Waals surface area contributed by atoms with Crippen LogP contribution in [0.25, 0.3) is 0 Å². The lowest BCUT2D eigenvalue weighted by atomic mass is 10.1. The zero-order chi connectivity index (χ0) is 11.4. The maximum atomic E-state index is 4.17. The molecular formula is C13H20N2S. The Balaban J connectivity index is 1.82. The van der Waals surface area contributed by atoms with Gasteiger partial charge in [-0.2, -0.15) is 11.8 Å². The molecule has 0 bridgehead atoms. The van der Waals surface area contributed by atoms with Crippen molar-refractivity contribution in [3.8, 4) is 0 Å². The summed E-state index contributed by atoms with van der Waals surface area (Å²) in [5.41, 5.74) is 2.64. The van der Waals surface area contributed by atoms with E-state index in [0.29, 0.717) is 4.75 Å². The molecule has 1 aliphatic heterocycles. The van der Waals surface area contributed by atoms with Gasteiger partial charge in [-0.15, -0.1) is 0 Å². The van der Waals surface area contributed by atoms with Crippen molar-refractivity contribution in [2.24, 2.45) is 0 Å². The summed E-state index contributed by atoms with van der Waals surface area (Å²) in [6, 6.07) is 2.07. The number of rotatable bonds is 4. The highest BCUT2D eigenvalue weighted by Gasteiger charge is 2.28. The largest absolute Gasteiger partial charge is 0.311 e. The van der Waals surface area contributed by atoms with Crippen LogP contribution in [0.15, 0.2) is 18.5 Å². The normalized spacial score (nSPS) is 24.9. The lowest BCUT2D eigenvalue weighted by molar-refractivity contribution is 0.536. The van der Waals surface area contributed by atoms with Gasteiger partial charge in [0.15, 0.2) is 0 Å². The third-order valence-corrected chi connectivity index (χ3v) is 4.80. The van der Waals surface area contributed by atoms with Gasteiger partial charge in [0, 0.05) is 30.2 Å². The first kappa shape index (κ1) is 11.9. The molecule has 0 saturated carbocycles. The molecule has 1 fully saturated rings. The molecule has 1 aromatic heterocycles. The second-order valence-electron chi connectivity index (χ2n) is 4.81. The van der Waals surface area contributed by atoms with Gasteiger partial charge in [0.1, 0.15) is 0 Å². The molecule has 1 aromatic rings. The summed E-state index contributed by atoms with van der Waals surface area (Å²) in [4.78, 5) is 4.17. The Morgan fingerprint density at radius 3 is 3.12 bits per heavy atom. The molecule has 3 heteroatoms. The van der Waals surface area contributed by atoms with Crippen LogP contribution >= 0.6 is 11.8 Å². The minimum absolute atomic E-state index is 0.454. The average molecular weight is 236 g/mol. The second-order valence-corrected chi connectivity index (χ2v) is 6.49. The van der Waals surface area contributed by atoms with E-state index >= 15 is 0 Å². The van der Waals surface area contributed by atoms with Crippen molar-refractivity contribution >= 4 is 11.8 Å². The molecule has 0 spiro atoms. The van der Waals surface area contributed by atoms with Crippen molar-refractivity contribution < 1.29 is 0 Å². The van der Waals surface area contributed by atoms with E-state index in [2.05, 4.69) is 42.0 Å². The molecule has 0 aliphatic carbocycles. The molecule has 0 amide bonds. The standard InChI is InChI=1S/C13H20N2S/c1-11-4-6-14-8-12(11)9-15-10-13(2)5-3-7-16-13/h4,6,8,15H,3,5,7,9-10H2,1-2H3. The molecule has 16 heavy (non-hydrogen) atoms. The number of thioether (sulfide) groups is 1. The Labute approximate surface area is 102 Å². The SMILES string of the molecule is Cc1ccncc1CNCC1(C)CCCS1. The van der Waals surface area contributed by atoms with Gasteiger partial charge < -0.3 is 5.32 Å². The number of aryl methyl sites for hydroxylation is 1. The first-order valence-electron chi connectivity index (χ1n) is 5.94. The van der Waals surface area contributed by atoms with Gasteiger partial charge in [0.25, 0.3) is 0 Å². The zero-order valence-corrected chi connectivity index (χ0v) is 10.9. The number of hydrogen-bond acceptors (Lipinski definition) is 3. The molecule has 1 saturated heterocycles. The molecular weight excluding hydrogens is 216 g/mol. The van der Waals surface area contributed by atoms with Crippen LogP contribution in [-0.4, -0.2) is 22.0 Å². The van der Waals surface area contributed by atoms with E-state index in [4.69, 9.17) is 0 Å². The molecule has 1 N–H and O–H groups in total. The van der Waals surface area contributed by atoms with Crippen LogP contribution in [0.4, 0.5) is 0 Å². The topological polar surface area (TPSA) is 24.9 Å². The fourth-order valence-corrected chi connectivity index (χ4v) is 3.39. The minimum atomic E-state index is 0.454. The summed E-state index contributed by atoms with van der Waals surface area (Å²) in [7, 11) is 0. The number of nitrogens with zero attached hydrogens (tertiary/aromatic N) is 1. The van der Waals surface area contributed by atoms with Crippen molar-refractivity contribution in [1.29, 1.82) is 0 Å². The lowest BCUT2D eigenvalue weighted by Crippen LogP contribution is -2.32. The Kier molecular flexibility index (Phi) is 3.87. The van der Waals surface area contributed by atoms with Crippen molar-refractivity contribution in [2.45, 2.75) is 38.0 Å². The van der Waals surface area contributed by atoms with E-state index in [9.17, 15) is 0 Å². The smallest absolute Gasteiger partial charge is 0.0315 e. The fraction of sp³-hybridized carbons (Fsp3) is 0.615. The van der Waals surface area contributed by atoms with Gasteiger partial charge in [0.2, 0.25) is 0 Å². The van der Waals surface area contributed by atoms with Crippen LogP contribution in [0.5, 0.6) is 0 Å². The van der Waals surface area contributed by atoms with Crippen molar-refractivity contribution in [2.75, 3.05) is 12.3 Å². The van der Waals surface area contributed by atoms with Crippen molar-refractivity contribution in [3.05, 3.63) is 29.6 Å². The van der Waals surface area contributed by atoms with Crippen LogP contribution < -0.4 is 5.32 Å². The van der Waals surface area contributed by atoms with Gasteiger partial charge in [-0.1, -0.05) is 0 Å². The third kappa shape index (κ3) is 2.98. The Bertz CT molecular complexity index is 346. The van der Waals surface area contributed by atoms with Gasteiger partial charge in [0.05, 0.1) is 0 Å². The summed E-state index contributed by atoms with van der Waals surface area (Å²) in [6.07, 6.45) is 6.53. The Morgan fingerprint density at radius 1 is 1.56 bits per heavy atom. The van der Waals surface area contributed by atoms with Crippen molar-refractivity contribution in [1.82, 2.24) is 10.3 Å². The van der Waals surface area contributed by atoms with E-state index in [1.165, 1.54) is 29.7 Å². The Hall–Kier alpha value is -0.540. The number of hydrogen-bond donors (Lipinski definition) is 1. The summed E-state index contributed by atoms with van der Waals surface area (Å²) < 4.78 is 0.454. The minimum Gasteiger partial charge on any atom is -0.311 e. The number of aromatic nitrogens is 1. The zero-order valence-electron chi connectivity index (χ0n) is 10.1. The molecule has 1 unspecified atom stereocenters. The first-order chi connectivity index (χ1) is 7.70. The van der Waals surface area contributed by atoms with Gasteiger partial charge in [-0.05, 0) is 49.6 Å². The monoisotopic (exact) mass is 236 g/mol. The predicted molar refractivity (Wildman–Crippen MR) is 70.8 cm³/mol. The van der Waals surface area contributed by atoms with Crippen LogP contribution in [0.3, 0.4) is 0 Å². The lowest BCUT2D eigenvalue weighted by Gasteiger charge is -2.23. The van der Waals surface area contributed by atoms with Gasteiger partial charge in [-0.25, -0.2) is 0 Å². The highest BCUT2D eigenvalue weighted by Crippen LogP contribution is 2.36. The van der Waals surface area contributed by atoms with E-state index in [1.54, 1.807) is 0 Å². The number of nitrogens with one attached hydrogen (secondary N) is 1. The van der Waals surface area contributed by atoms with E-state index < -0.39 is 0 Å².